The third-order valence-corrected chi connectivity index (χ3v) is 8.00. The molecule has 0 saturated heterocycles. The predicted molar refractivity (Wildman–Crippen MR) is 107 cm³/mol. The van der Waals surface area contributed by atoms with E-state index in [4.69, 9.17) is 0 Å². The van der Waals surface area contributed by atoms with Crippen LogP contribution in [0.5, 0.6) is 0 Å². The number of benzene rings is 1. The second-order valence-electron chi connectivity index (χ2n) is 6.97. The topological polar surface area (TPSA) is 66.5 Å². The second kappa shape index (κ2) is 8.76. The number of fused-ring (bicyclic) bond motifs is 1. The van der Waals surface area contributed by atoms with Crippen molar-refractivity contribution in [2.45, 2.75) is 62.0 Å². The maximum Gasteiger partial charge on any atom is 0.240 e. The molecule has 0 radical (unpaired) electrons. The van der Waals surface area contributed by atoms with E-state index in [0.717, 1.165) is 17.0 Å². The normalized spacial score (nSPS) is 18.1. The molecule has 1 aromatic carbocycles. The molecule has 0 unspecified atom stereocenters. The molecule has 1 aliphatic heterocycles. The molecule has 0 spiro atoms. The fourth-order valence-corrected chi connectivity index (χ4v) is 6.14. The average molecular weight is 397 g/mol. The molecule has 1 heterocycles. The lowest BCUT2D eigenvalue weighted by Gasteiger charge is -2.20. The van der Waals surface area contributed by atoms with Gasteiger partial charge in [0.1, 0.15) is 0 Å². The van der Waals surface area contributed by atoms with Gasteiger partial charge in [-0.1, -0.05) is 26.2 Å². The number of anilines is 1. The van der Waals surface area contributed by atoms with Gasteiger partial charge in [-0.2, -0.15) is 11.8 Å². The number of hydrogen-bond acceptors (Lipinski definition) is 4. The minimum atomic E-state index is -3.49. The maximum absolute atomic E-state index is 12.6. The molecule has 1 saturated carbocycles. The summed E-state index contributed by atoms with van der Waals surface area (Å²) in [6.45, 7) is 2.94. The molecule has 1 fully saturated rings. The number of thioether (sulfide) groups is 1. The average Bonchev–Trinajstić information content (AvgIpc) is 3.09. The summed E-state index contributed by atoms with van der Waals surface area (Å²) in [6.07, 6.45) is 7.63. The van der Waals surface area contributed by atoms with E-state index in [1.165, 1.54) is 32.1 Å². The molecule has 1 aromatic rings. The SMILES string of the molecule is CCC(=O)N1CCc2cc(S(=O)(=O)NCCSC3CCCCC3)ccc21. The summed E-state index contributed by atoms with van der Waals surface area (Å²) in [5.74, 6) is 0.894. The van der Waals surface area contributed by atoms with Crippen LogP contribution in [0.2, 0.25) is 0 Å². The smallest absolute Gasteiger partial charge is 0.240 e. The third kappa shape index (κ3) is 4.61. The molecule has 26 heavy (non-hydrogen) atoms. The van der Waals surface area contributed by atoms with E-state index >= 15 is 0 Å². The molecule has 0 atom stereocenters. The van der Waals surface area contributed by atoms with Crippen LogP contribution in [0, 0.1) is 0 Å². The molecule has 1 aliphatic carbocycles. The molecule has 5 nitrogen and oxygen atoms in total. The van der Waals surface area contributed by atoms with Gasteiger partial charge in [0.2, 0.25) is 15.9 Å². The van der Waals surface area contributed by atoms with Crippen LogP contribution < -0.4 is 9.62 Å². The molecule has 144 valence electrons. The van der Waals surface area contributed by atoms with Crippen LogP contribution in [0.25, 0.3) is 0 Å². The summed E-state index contributed by atoms with van der Waals surface area (Å²) >= 11 is 1.89. The van der Waals surface area contributed by atoms with Crippen molar-refractivity contribution < 1.29 is 13.2 Å². The fourth-order valence-electron chi connectivity index (χ4n) is 3.71. The first kappa shape index (κ1) is 19.7. The highest BCUT2D eigenvalue weighted by Crippen LogP contribution is 2.31. The zero-order valence-corrected chi connectivity index (χ0v) is 17.0. The first-order valence-corrected chi connectivity index (χ1v) is 12.1. The third-order valence-electron chi connectivity index (χ3n) is 5.16. The number of hydrogen-bond donors (Lipinski definition) is 1. The number of carbonyl (C=O) groups excluding carboxylic acids is 1. The minimum Gasteiger partial charge on any atom is -0.312 e. The lowest BCUT2D eigenvalue weighted by Crippen LogP contribution is -2.28. The van der Waals surface area contributed by atoms with E-state index in [2.05, 4.69) is 4.72 Å². The van der Waals surface area contributed by atoms with Crippen LogP contribution in [0.3, 0.4) is 0 Å². The second-order valence-corrected chi connectivity index (χ2v) is 10.1. The lowest BCUT2D eigenvalue weighted by atomic mass is 10.0. The quantitative estimate of drug-likeness (QED) is 0.718. The first-order chi connectivity index (χ1) is 12.5. The Hall–Kier alpha value is -1.05. The Morgan fingerprint density at radius 2 is 2.04 bits per heavy atom. The molecule has 3 rings (SSSR count). The van der Waals surface area contributed by atoms with Crippen LogP contribution in [0.1, 0.15) is 51.0 Å². The summed E-state index contributed by atoms with van der Waals surface area (Å²) in [5, 5.41) is 0.690. The van der Waals surface area contributed by atoms with E-state index in [0.29, 0.717) is 36.1 Å². The summed E-state index contributed by atoms with van der Waals surface area (Å²) in [4.78, 5) is 14.0. The summed E-state index contributed by atoms with van der Waals surface area (Å²) in [5.41, 5.74) is 1.79. The van der Waals surface area contributed by atoms with Gasteiger partial charge in [-0.05, 0) is 43.0 Å². The van der Waals surface area contributed by atoms with Crippen molar-refractivity contribution in [1.82, 2.24) is 4.72 Å². The molecule has 2 aliphatic rings. The molecular weight excluding hydrogens is 368 g/mol. The summed E-state index contributed by atoms with van der Waals surface area (Å²) in [6, 6.07) is 5.09. The van der Waals surface area contributed by atoms with Gasteiger partial charge in [-0.3, -0.25) is 4.79 Å². The number of rotatable bonds is 7. The highest BCUT2D eigenvalue weighted by molar-refractivity contribution is 8.00. The van der Waals surface area contributed by atoms with Crippen molar-refractivity contribution in [2.24, 2.45) is 0 Å². The zero-order valence-electron chi connectivity index (χ0n) is 15.4. The predicted octanol–water partition coefficient (Wildman–Crippen LogP) is 3.33. The van der Waals surface area contributed by atoms with Gasteiger partial charge >= 0.3 is 0 Å². The van der Waals surface area contributed by atoms with Crippen molar-refractivity contribution >= 4 is 33.4 Å². The Morgan fingerprint density at radius 1 is 1.27 bits per heavy atom. The number of nitrogens with one attached hydrogen (secondary N) is 1. The van der Waals surface area contributed by atoms with Crippen LogP contribution >= 0.6 is 11.8 Å². The van der Waals surface area contributed by atoms with Crippen LogP contribution in [0.4, 0.5) is 5.69 Å². The Bertz CT molecular complexity index is 743. The monoisotopic (exact) mass is 396 g/mol. The molecule has 7 heteroatoms. The molecular formula is C19H28N2O3S2. The van der Waals surface area contributed by atoms with Crippen molar-refractivity contribution in [3.05, 3.63) is 23.8 Å². The van der Waals surface area contributed by atoms with Gasteiger partial charge in [0.15, 0.2) is 0 Å². The largest absolute Gasteiger partial charge is 0.312 e. The maximum atomic E-state index is 12.6. The van der Waals surface area contributed by atoms with Crippen LogP contribution in [-0.4, -0.2) is 38.4 Å². The fraction of sp³-hybridized carbons (Fsp3) is 0.632. The Morgan fingerprint density at radius 3 is 2.77 bits per heavy atom. The highest BCUT2D eigenvalue weighted by Gasteiger charge is 2.25. The Labute approximate surface area is 161 Å². The van der Waals surface area contributed by atoms with Crippen LogP contribution in [0.15, 0.2) is 23.1 Å². The van der Waals surface area contributed by atoms with Gasteiger partial charge in [0, 0.05) is 36.2 Å². The van der Waals surface area contributed by atoms with E-state index in [1.807, 2.05) is 18.7 Å². The zero-order chi connectivity index (χ0) is 18.6. The molecule has 1 N–H and O–H groups in total. The molecule has 0 bridgehead atoms. The summed E-state index contributed by atoms with van der Waals surface area (Å²) in [7, 11) is -3.49. The minimum absolute atomic E-state index is 0.0808. The van der Waals surface area contributed by atoms with Crippen molar-refractivity contribution in [3.63, 3.8) is 0 Å². The lowest BCUT2D eigenvalue weighted by molar-refractivity contribution is -0.118. The highest BCUT2D eigenvalue weighted by atomic mass is 32.2. The van der Waals surface area contributed by atoms with Gasteiger partial charge in [-0.15, -0.1) is 0 Å². The Balaban J connectivity index is 1.57. The van der Waals surface area contributed by atoms with Gasteiger partial charge in [0.05, 0.1) is 4.90 Å². The molecule has 0 aromatic heterocycles. The number of sulfonamides is 1. The van der Waals surface area contributed by atoms with Crippen molar-refractivity contribution in [1.29, 1.82) is 0 Å². The number of amides is 1. The van der Waals surface area contributed by atoms with E-state index in [9.17, 15) is 13.2 Å². The van der Waals surface area contributed by atoms with Gasteiger partial charge < -0.3 is 4.90 Å². The first-order valence-electron chi connectivity index (χ1n) is 9.56. The van der Waals surface area contributed by atoms with E-state index < -0.39 is 10.0 Å². The summed E-state index contributed by atoms with van der Waals surface area (Å²) < 4.78 is 27.8. The van der Waals surface area contributed by atoms with E-state index in [1.54, 1.807) is 23.1 Å². The number of carbonyl (C=O) groups is 1. The molecule has 1 amide bonds. The van der Waals surface area contributed by atoms with E-state index in [-0.39, 0.29) is 5.91 Å². The van der Waals surface area contributed by atoms with Crippen molar-refractivity contribution in [2.75, 3.05) is 23.7 Å². The Kier molecular flexibility index (Phi) is 6.64. The number of nitrogens with zero attached hydrogens (tertiary/aromatic N) is 1. The van der Waals surface area contributed by atoms with Gasteiger partial charge in [0.25, 0.3) is 0 Å². The van der Waals surface area contributed by atoms with Crippen molar-refractivity contribution in [3.8, 4) is 0 Å². The standard InChI is InChI=1S/C19H28N2O3S2/c1-2-19(22)21-12-10-15-14-17(8-9-18(15)21)26(23,24)20-11-13-25-16-6-4-3-5-7-16/h8-9,14,16,20H,2-7,10-13H2,1H3. The van der Waals surface area contributed by atoms with Gasteiger partial charge in [-0.25, -0.2) is 13.1 Å². The van der Waals surface area contributed by atoms with Crippen LogP contribution in [-0.2, 0) is 21.2 Å².